The van der Waals surface area contributed by atoms with Gasteiger partial charge in [0.05, 0.1) is 0 Å². The summed E-state index contributed by atoms with van der Waals surface area (Å²) >= 11 is 0. The van der Waals surface area contributed by atoms with Gasteiger partial charge in [0.25, 0.3) is 0 Å². The van der Waals surface area contributed by atoms with E-state index in [-0.39, 0.29) is 6.04 Å². The van der Waals surface area contributed by atoms with Crippen LogP contribution in [0, 0.1) is 11.3 Å². The zero-order valence-corrected chi connectivity index (χ0v) is 12.0. The SMILES string of the molecule is CC1CC(C)(C)CC1N1CCCCCC1C(=O)O. The van der Waals surface area contributed by atoms with Crippen molar-refractivity contribution < 1.29 is 9.90 Å². The molecule has 3 heteroatoms. The molecule has 1 saturated heterocycles. The van der Waals surface area contributed by atoms with E-state index in [0.29, 0.717) is 17.4 Å². The van der Waals surface area contributed by atoms with Crippen molar-refractivity contribution in [2.24, 2.45) is 11.3 Å². The number of rotatable bonds is 2. The Balaban J connectivity index is 2.15. The summed E-state index contributed by atoms with van der Waals surface area (Å²) in [5.41, 5.74) is 0.374. The summed E-state index contributed by atoms with van der Waals surface area (Å²) < 4.78 is 0. The van der Waals surface area contributed by atoms with E-state index >= 15 is 0 Å². The molecule has 2 fully saturated rings. The van der Waals surface area contributed by atoms with E-state index in [4.69, 9.17) is 0 Å². The summed E-state index contributed by atoms with van der Waals surface area (Å²) in [5, 5.41) is 9.47. The molecule has 0 radical (unpaired) electrons. The first-order valence-electron chi connectivity index (χ1n) is 7.39. The summed E-state index contributed by atoms with van der Waals surface area (Å²) in [6.45, 7) is 7.90. The van der Waals surface area contributed by atoms with Crippen molar-refractivity contribution in [2.45, 2.75) is 71.4 Å². The Kier molecular flexibility index (Phi) is 4.00. The van der Waals surface area contributed by atoms with Gasteiger partial charge in [0.15, 0.2) is 0 Å². The molecule has 3 atom stereocenters. The molecule has 2 rings (SSSR count). The van der Waals surface area contributed by atoms with Crippen molar-refractivity contribution >= 4 is 5.97 Å². The number of nitrogens with zero attached hydrogens (tertiary/aromatic N) is 1. The Hall–Kier alpha value is -0.570. The van der Waals surface area contributed by atoms with Gasteiger partial charge in [-0.05, 0) is 43.6 Å². The minimum Gasteiger partial charge on any atom is -0.480 e. The molecule has 1 N–H and O–H groups in total. The summed E-state index contributed by atoms with van der Waals surface area (Å²) in [7, 11) is 0. The standard InChI is InChI=1S/C15H27NO2/c1-11-9-15(2,3)10-13(11)16-8-6-4-5-7-12(16)14(17)18/h11-13H,4-10H2,1-3H3,(H,17,18). The van der Waals surface area contributed by atoms with Crippen LogP contribution in [0.15, 0.2) is 0 Å². The second-order valence-corrected chi connectivity index (χ2v) is 7.06. The highest BCUT2D eigenvalue weighted by Crippen LogP contribution is 2.44. The Bertz CT molecular complexity index is 314. The molecule has 0 amide bonds. The number of carboxylic acid groups (broad SMARTS) is 1. The van der Waals surface area contributed by atoms with E-state index < -0.39 is 5.97 Å². The predicted molar refractivity (Wildman–Crippen MR) is 72.6 cm³/mol. The lowest BCUT2D eigenvalue weighted by Crippen LogP contribution is -2.48. The number of likely N-dealkylation sites (tertiary alicyclic amines) is 1. The van der Waals surface area contributed by atoms with Gasteiger partial charge in [-0.25, -0.2) is 0 Å². The van der Waals surface area contributed by atoms with E-state index in [1.165, 1.54) is 12.8 Å². The lowest BCUT2D eigenvalue weighted by Gasteiger charge is -2.35. The third kappa shape index (κ3) is 2.87. The lowest BCUT2D eigenvalue weighted by atomic mass is 9.91. The van der Waals surface area contributed by atoms with E-state index in [1.54, 1.807) is 0 Å². The minimum atomic E-state index is -0.617. The predicted octanol–water partition coefficient (Wildman–Crippen LogP) is 3.14. The molecule has 2 aliphatic rings. The molecule has 104 valence electrons. The molecule has 3 unspecified atom stereocenters. The monoisotopic (exact) mass is 253 g/mol. The molecule has 3 nitrogen and oxygen atoms in total. The van der Waals surface area contributed by atoms with Crippen molar-refractivity contribution in [3.8, 4) is 0 Å². The first-order chi connectivity index (χ1) is 8.41. The highest BCUT2D eigenvalue weighted by Gasteiger charge is 2.43. The van der Waals surface area contributed by atoms with Gasteiger partial charge in [0.1, 0.15) is 6.04 Å². The largest absolute Gasteiger partial charge is 0.480 e. The van der Waals surface area contributed by atoms with Gasteiger partial charge >= 0.3 is 5.97 Å². The van der Waals surface area contributed by atoms with Gasteiger partial charge in [-0.3, -0.25) is 9.69 Å². The number of aliphatic carboxylic acids is 1. The molecule has 1 aliphatic heterocycles. The number of hydrogen-bond donors (Lipinski definition) is 1. The molecule has 0 aromatic rings. The zero-order chi connectivity index (χ0) is 13.3. The summed E-state index contributed by atoms with van der Waals surface area (Å²) in [4.78, 5) is 13.8. The molecule has 18 heavy (non-hydrogen) atoms. The van der Waals surface area contributed by atoms with Crippen molar-refractivity contribution in [1.29, 1.82) is 0 Å². The Labute approximate surface area is 111 Å². The maximum Gasteiger partial charge on any atom is 0.320 e. The zero-order valence-electron chi connectivity index (χ0n) is 12.0. The summed E-state index contributed by atoms with van der Waals surface area (Å²) in [6, 6.07) is 0.230. The fraction of sp³-hybridized carbons (Fsp3) is 0.933. The van der Waals surface area contributed by atoms with Crippen LogP contribution in [0.4, 0.5) is 0 Å². The van der Waals surface area contributed by atoms with Gasteiger partial charge in [0.2, 0.25) is 0 Å². The van der Waals surface area contributed by atoms with E-state index in [2.05, 4.69) is 25.7 Å². The van der Waals surface area contributed by atoms with Crippen molar-refractivity contribution in [2.75, 3.05) is 6.54 Å². The van der Waals surface area contributed by atoms with Crippen LogP contribution in [0.3, 0.4) is 0 Å². The second-order valence-electron chi connectivity index (χ2n) is 7.06. The maximum atomic E-state index is 11.5. The van der Waals surface area contributed by atoms with Gasteiger partial charge in [0, 0.05) is 6.04 Å². The topological polar surface area (TPSA) is 40.5 Å². The first kappa shape index (κ1) is 13.9. The summed E-state index contributed by atoms with van der Waals surface area (Å²) in [6.07, 6.45) is 6.62. The molecule has 0 bridgehead atoms. The van der Waals surface area contributed by atoms with Gasteiger partial charge in [-0.2, -0.15) is 0 Å². The normalized spacial score (nSPS) is 37.4. The van der Waals surface area contributed by atoms with Gasteiger partial charge in [-0.15, -0.1) is 0 Å². The fourth-order valence-electron chi connectivity index (χ4n) is 4.10. The Morgan fingerprint density at radius 1 is 1.22 bits per heavy atom. The number of carboxylic acids is 1. The molecular formula is C15H27NO2. The van der Waals surface area contributed by atoms with Gasteiger partial charge < -0.3 is 5.11 Å². The quantitative estimate of drug-likeness (QED) is 0.822. The van der Waals surface area contributed by atoms with Crippen molar-refractivity contribution in [1.82, 2.24) is 4.90 Å². The molecular weight excluding hydrogens is 226 g/mol. The lowest BCUT2D eigenvalue weighted by molar-refractivity contribution is -0.144. The number of carbonyl (C=O) groups is 1. The average molecular weight is 253 g/mol. The molecule has 1 heterocycles. The van der Waals surface area contributed by atoms with Crippen molar-refractivity contribution in [3.05, 3.63) is 0 Å². The van der Waals surface area contributed by atoms with Crippen LogP contribution in [-0.4, -0.2) is 34.6 Å². The number of hydrogen-bond acceptors (Lipinski definition) is 2. The van der Waals surface area contributed by atoms with Crippen LogP contribution in [0.25, 0.3) is 0 Å². The van der Waals surface area contributed by atoms with Gasteiger partial charge in [-0.1, -0.05) is 33.6 Å². The second kappa shape index (κ2) is 5.20. The molecule has 0 spiro atoms. The average Bonchev–Trinajstić information content (AvgIpc) is 2.48. The Morgan fingerprint density at radius 2 is 1.94 bits per heavy atom. The van der Waals surface area contributed by atoms with E-state index in [0.717, 1.165) is 32.2 Å². The van der Waals surface area contributed by atoms with Crippen LogP contribution < -0.4 is 0 Å². The summed E-state index contributed by atoms with van der Waals surface area (Å²) in [5.74, 6) is 0.00811. The van der Waals surface area contributed by atoms with Crippen LogP contribution >= 0.6 is 0 Å². The highest BCUT2D eigenvalue weighted by atomic mass is 16.4. The first-order valence-corrected chi connectivity index (χ1v) is 7.39. The smallest absolute Gasteiger partial charge is 0.320 e. The van der Waals surface area contributed by atoms with E-state index in [9.17, 15) is 9.90 Å². The van der Waals surface area contributed by atoms with Crippen LogP contribution in [0.1, 0.15) is 59.3 Å². The van der Waals surface area contributed by atoms with Crippen molar-refractivity contribution in [3.63, 3.8) is 0 Å². The van der Waals surface area contributed by atoms with Crippen LogP contribution in [-0.2, 0) is 4.79 Å². The van der Waals surface area contributed by atoms with E-state index in [1.807, 2.05) is 0 Å². The third-order valence-corrected chi connectivity index (χ3v) is 4.80. The maximum absolute atomic E-state index is 11.5. The third-order valence-electron chi connectivity index (χ3n) is 4.80. The van der Waals surface area contributed by atoms with Crippen LogP contribution in [0.5, 0.6) is 0 Å². The highest BCUT2D eigenvalue weighted by molar-refractivity contribution is 5.73. The molecule has 1 saturated carbocycles. The fourth-order valence-corrected chi connectivity index (χ4v) is 4.10. The minimum absolute atomic E-state index is 0.242. The molecule has 1 aliphatic carbocycles. The molecule has 0 aromatic heterocycles. The molecule has 0 aromatic carbocycles. The van der Waals surface area contributed by atoms with Crippen LogP contribution in [0.2, 0.25) is 0 Å². The Morgan fingerprint density at radius 3 is 2.50 bits per heavy atom.